The predicted molar refractivity (Wildman–Crippen MR) is 118 cm³/mol. The third-order valence-corrected chi connectivity index (χ3v) is 4.76. The van der Waals surface area contributed by atoms with Crippen LogP contribution in [0.2, 0.25) is 5.02 Å². The topological polar surface area (TPSA) is 102 Å². The first-order valence-electron chi connectivity index (χ1n) is 9.85. The van der Waals surface area contributed by atoms with Gasteiger partial charge < -0.3 is 20.2 Å². The van der Waals surface area contributed by atoms with Crippen LogP contribution in [-0.4, -0.2) is 30.1 Å². The lowest BCUT2D eigenvalue weighted by Gasteiger charge is -2.21. The summed E-state index contributed by atoms with van der Waals surface area (Å²) in [6.45, 7) is 0. The van der Waals surface area contributed by atoms with E-state index in [-0.39, 0.29) is 11.4 Å². The van der Waals surface area contributed by atoms with Gasteiger partial charge >= 0.3 is 18.1 Å². The minimum atomic E-state index is -5.88. The molecule has 0 bridgehead atoms. The van der Waals surface area contributed by atoms with Crippen molar-refractivity contribution in [2.75, 3.05) is 12.4 Å². The summed E-state index contributed by atoms with van der Waals surface area (Å²) in [4.78, 5) is 32.4. The SMILES string of the molecule is CNC(=O)c1cc(Oc2ccc(NC(=O)NOc3ccc(Cl)c(C(F)(F)C(F)(F)F)c3)cc2)ccn1. The van der Waals surface area contributed by atoms with Gasteiger partial charge in [-0.2, -0.15) is 27.4 Å². The molecule has 0 spiro atoms. The number of alkyl halides is 5. The molecule has 0 aliphatic heterocycles. The third-order valence-electron chi connectivity index (χ3n) is 4.43. The number of carbonyl (C=O) groups excluding carboxylic acids is 2. The molecule has 0 aliphatic rings. The average Bonchev–Trinajstić information content (AvgIpc) is 2.83. The predicted octanol–water partition coefficient (Wildman–Crippen LogP) is 5.66. The Morgan fingerprint density at radius 2 is 1.58 bits per heavy atom. The van der Waals surface area contributed by atoms with Crippen molar-refractivity contribution >= 4 is 29.2 Å². The molecule has 3 rings (SSSR count). The van der Waals surface area contributed by atoms with Crippen LogP contribution in [-0.2, 0) is 5.92 Å². The van der Waals surface area contributed by atoms with Gasteiger partial charge in [0, 0.05) is 25.0 Å². The molecule has 0 atom stereocenters. The van der Waals surface area contributed by atoms with Crippen LogP contribution in [0.1, 0.15) is 16.1 Å². The molecular weight excluding hydrogens is 515 g/mol. The zero-order chi connectivity index (χ0) is 26.5. The highest BCUT2D eigenvalue weighted by atomic mass is 35.5. The molecule has 1 aromatic heterocycles. The maximum Gasteiger partial charge on any atom is 0.458 e. The number of halogens is 6. The first-order chi connectivity index (χ1) is 16.9. The number of nitrogens with one attached hydrogen (secondary N) is 3. The van der Waals surface area contributed by atoms with Gasteiger partial charge in [-0.3, -0.25) is 9.78 Å². The molecule has 8 nitrogen and oxygen atoms in total. The van der Waals surface area contributed by atoms with Crippen LogP contribution >= 0.6 is 11.6 Å². The number of benzene rings is 2. The first kappa shape index (κ1) is 26.5. The van der Waals surface area contributed by atoms with Crippen molar-refractivity contribution in [2.24, 2.45) is 0 Å². The number of pyridine rings is 1. The van der Waals surface area contributed by atoms with E-state index in [4.69, 9.17) is 21.2 Å². The van der Waals surface area contributed by atoms with Crippen molar-refractivity contribution in [3.63, 3.8) is 0 Å². The van der Waals surface area contributed by atoms with Crippen molar-refractivity contribution in [2.45, 2.75) is 12.1 Å². The number of hydrogen-bond donors (Lipinski definition) is 3. The summed E-state index contributed by atoms with van der Waals surface area (Å²) in [5, 5.41) is 3.98. The van der Waals surface area contributed by atoms with E-state index in [0.29, 0.717) is 17.6 Å². The summed E-state index contributed by atoms with van der Waals surface area (Å²) < 4.78 is 70.8. The van der Waals surface area contributed by atoms with E-state index in [2.05, 4.69) is 15.6 Å². The number of hydrogen-bond acceptors (Lipinski definition) is 5. The molecule has 0 unspecified atom stereocenters. The molecule has 0 saturated carbocycles. The second-order valence-electron chi connectivity index (χ2n) is 6.95. The summed E-state index contributed by atoms with van der Waals surface area (Å²) in [7, 11) is 1.46. The summed E-state index contributed by atoms with van der Waals surface area (Å²) in [5.74, 6) is -5.42. The Morgan fingerprint density at radius 3 is 2.22 bits per heavy atom. The van der Waals surface area contributed by atoms with Crippen molar-refractivity contribution < 1.29 is 41.1 Å². The highest BCUT2D eigenvalue weighted by Gasteiger charge is 2.59. The molecule has 36 heavy (non-hydrogen) atoms. The standard InChI is InChI=1S/C22H16ClF5N4O4/c1-29-19(33)18-11-14(8-9-30-18)35-13-4-2-12(3-5-13)31-20(34)32-36-15-6-7-17(23)16(10-15)21(24,25)22(26,27)28/h2-11H,1H3,(H,29,33)(H2,31,32,34). The summed E-state index contributed by atoms with van der Waals surface area (Å²) >= 11 is 5.48. The Morgan fingerprint density at radius 1 is 0.917 bits per heavy atom. The Kier molecular flexibility index (Phi) is 7.83. The number of hydroxylamine groups is 1. The van der Waals surface area contributed by atoms with Gasteiger partial charge in [0.1, 0.15) is 17.2 Å². The molecule has 0 fully saturated rings. The summed E-state index contributed by atoms with van der Waals surface area (Å²) in [5.41, 5.74) is 0.762. The van der Waals surface area contributed by atoms with Crippen LogP contribution in [0.3, 0.4) is 0 Å². The smallest absolute Gasteiger partial charge is 0.457 e. The fraction of sp³-hybridized carbons (Fsp3) is 0.136. The molecule has 0 saturated heterocycles. The van der Waals surface area contributed by atoms with Crippen molar-refractivity contribution in [1.29, 1.82) is 0 Å². The molecule has 190 valence electrons. The number of carbonyl (C=O) groups is 2. The summed E-state index contributed by atoms with van der Waals surface area (Å²) in [6, 6.07) is 10.1. The van der Waals surface area contributed by atoms with E-state index in [0.717, 1.165) is 12.1 Å². The van der Waals surface area contributed by atoms with Gasteiger partial charge in [-0.05, 0) is 48.5 Å². The lowest BCUT2D eigenvalue weighted by atomic mass is 10.1. The Balaban J connectivity index is 1.59. The maximum atomic E-state index is 13.6. The van der Waals surface area contributed by atoms with Gasteiger partial charge in [0.2, 0.25) is 0 Å². The van der Waals surface area contributed by atoms with Gasteiger partial charge in [-0.1, -0.05) is 11.6 Å². The highest BCUT2D eigenvalue weighted by molar-refractivity contribution is 6.31. The molecule has 3 aromatic rings. The average molecular weight is 531 g/mol. The van der Waals surface area contributed by atoms with Crippen LogP contribution in [0.15, 0.2) is 60.8 Å². The summed E-state index contributed by atoms with van der Waals surface area (Å²) in [6.07, 6.45) is -4.48. The van der Waals surface area contributed by atoms with Gasteiger partial charge in [-0.15, -0.1) is 0 Å². The maximum absolute atomic E-state index is 13.6. The Labute approximate surface area is 205 Å². The largest absolute Gasteiger partial charge is 0.458 e. The van der Waals surface area contributed by atoms with Crippen molar-refractivity contribution in [3.8, 4) is 17.2 Å². The van der Waals surface area contributed by atoms with Crippen LogP contribution in [0.5, 0.6) is 17.2 Å². The zero-order valence-corrected chi connectivity index (χ0v) is 18.9. The van der Waals surface area contributed by atoms with E-state index < -0.39 is 40.4 Å². The molecule has 3 amide bonds. The van der Waals surface area contributed by atoms with E-state index in [9.17, 15) is 31.5 Å². The fourth-order valence-electron chi connectivity index (χ4n) is 2.69. The fourth-order valence-corrected chi connectivity index (χ4v) is 2.93. The molecule has 2 aromatic carbocycles. The van der Waals surface area contributed by atoms with Crippen molar-refractivity contribution in [1.82, 2.24) is 15.8 Å². The van der Waals surface area contributed by atoms with Crippen LogP contribution in [0, 0.1) is 0 Å². The molecular formula is C22H16ClF5N4O4. The highest BCUT2D eigenvalue weighted by Crippen LogP contribution is 2.47. The first-order valence-corrected chi connectivity index (χ1v) is 10.2. The second kappa shape index (κ2) is 10.6. The minimum absolute atomic E-state index is 0.153. The van der Waals surface area contributed by atoms with Crippen molar-refractivity contribution in [3.05, 3.63) is 77.1 Å². The van der Waals surface area contributed by atoms with Gasteiger partial charge in [-0.25, -0.2) is 4.79 Å². The molecule has 0 radical (unpaired) electrons. The van der Waals surface area contributed by atoms with Gasteiger partial charge in [0.05, 0.1) is 10.6 Å². The van der Waals surface area contributed by atoms with Gasteiger partial charge in [0.25, 0.3) is 5.91 Å². The number of nitrogens with zero attached hydrogens (tertiary/aromatic N) is 1. The molecule has 14 heteroatoms. The van der Waals surface area contributed by atoms with E-state index in [1.807, 2.05) is 5.48 Å². The number of amides is 3. The lowest BCUT2D eigenvalue weighted by Crippen LogP contribution is -2.34. The number of rotatable bonds is 7. The normalized spacial score (nSPS) is 11.4. The quantitative estimate of drug-likeness (QED) is 0.270. The minimum Gasteiger partial charge on any atom is -0.457 e. The number of anilines is 1. The number of aromatic nitrogens is 1. The Hall–Kier alpha value is -4.13. The number of urea groups is 1. The number of ether oxygens (including phenoxy) is 1. The molecule has 3 N–H and O–H groups in total. The van der Waals surface area contributed by atoms with E-state index >= 15 is 0 Å². The third kappa shape index (κ3) is 6.30. The van der Waals surface area contributed by atoms with E-state index in [1.165, 1.54) is 49.6 Å². The van der Waals surface area contributed by atoms with E-state index in [1.54, 1.807) is 0 Å². The van der Waals surface area contributed by atoms with Gasteiger partial charge in [0.15, 0.2) is 5.75 Å². The van der Waals surface area contributed by atoms with Crippen LogP contribution in [0.4, 0.5) is 32.4 Å². The lowest BCUT2D eigenvalue weighted by molar-refractivity contribution is -0.289. The second-order valence-corrected chi connectivity index (χ2v) is 7.36. The zero-order valence-electron chi connectivity index (χ0n) is 18.1. The monoisotopic (exact) mass is 530 g/mol. The van der Waals surface area contributed by atoms with Crippen LogP contribution < -0.4 is 25.7 Å². The molecule has 0 aliphatic carbocycles. The van der Waals surface area contributed by atoms with Crippen LogP contribution in [0.25, 0.3) is 0 Å². The molecule has 1 heterocycles. The Bertz CT molecular complexity index is 1260.